The van der Waals surface area contributed by atoms with Crippen LogP contribution in [0.1, 0.15) is 34.5 Å². The lowest BCUT2D eigenvalue weighted by Gasteiger charge is -2.15. The van der Waals surface area contributed by atoms with Gasteiger partial charge in [0.15, 0.2) is 0 Å². The van der Waals surface area contributed by atoms with Crippen LogP contribution >= 0.6 is 11.3 Å². The van der Waals surface area contributed by atoms with E-state index in [1.807, 2.05) is 18.4 Å². The van der Waals surface area contributed by atoms with Gasteiger partial charge in [-0.25, -0.2) is 0 Å². The first-order valence-corrected chi connectivity index (χ1v) is 7.68. The van der Waals surface area contributed by atoms with Crippen LogP contribution in [-0.2, 0) is 0 Å². The van der Waals surface area contributed by atoms with E-state index in [1.54, 1.807) is 0 Å². The first-order chi connectivity index (χ1) is 8.74. The van der Waals surface area contributed by atoms with Crippen molar-refractivity contribution in [3.8, 4) is 0 Å². The Labute approximate surface area is 112 Å². The number of hydrogen-bond donors (Lipinski definition) is 1. The number of carbonyl (C=O) groups is 1. The molecule has 1 atom stereocenters. The Morgan fingerprint density at radius 2 is 2.33 bits per heavy atom. The van der Waals surface area contributed by atoms with Crippen LogP contribution in [0, 0.1) is 12.8 Å². The molecule has 0 spiro atoms. The first-order valence-electron chi connectivity index (χ1n) is 6.80. The van der Waals surface area contributed by atoms with Gasteiger partial charge in [0.1, 0.15) is 0 Å². The van der Waals surface area contributed by atoms with Gasteiger partial charge in [-0.3, -0.25) is 4.79 Å². The molecular weight excluding hydrogens is 244 g/mol. The molecule has 2 fully saturated rings. The Bertz CT molecular complexity index is 439. The fourth-order valence-electron chi connectivity index (χ4n) is 2.72. The number of aryl methyl sites for hydroxylation is 1. The maximum Gasteiger partial charge on any atom is 0.261 e. The van der Waals surface area contributed by atoms with Crippen LogP contribution in [0.2, 0.25) is 0 Å². The monoisotopic (exact) mass is 264 g/mol. The van der Waals surface area contributed by atoms with Crippen molar-refractivity contribution in [3.05, 3.63) is 21.9 Å². The molecule has 0 unspecified atom stereocenters. The lowest BCUT2D eigenvalue weighted by Crippen LogP contribution is -2.31. The summed E-state index contributed by atoms with van der Waals surface area (Å²) in [5.41, 5.74) is 1.09. The zero-order valence-electron chi connectivity index (χ0n) is 10.8. The lowest BCUT2D eigenvalue weighted by molar-refractivity contribution is 0.0951. The maximum absolute atomic E-state index is 12.0. The Balaban J connectivity index is 1.47. The second-order valence-corrected chi connectivity index (χ2v) is 6.44. The lowest BCUT2D eigenvalue weighted by atomic mass is 10.1. The number of nitrogens with zero attached hydrogens (tertiary/aromatic N) is 1. The Morgan fingerprint density at radius 1 is 1.50 bits per heavy atom. The molecular formula is C14H20N2OS. The highest BCUT2D eigenvalue weighted by atomic mass is 32.1. The van der Waals surface area contributed by atoms with E-state index in [0.29, 0.717) is 5.92 Å². The van der Waals surface area contributed by atoms with Crippen LogP contribution in [0.4, 0.5) is 0 Å². The van der Waals surface area contributed by atoms with E-state index in [0.717, 1.165) is 23.0 Å². The molecule has 1 aliphatic carbocycles. The molecule has 0 radical (unpaired) electrons. The second-order valence-electron chi connectivity index (χ2n) is 5.52. The van der Waals surface area contributed by atoms with Crippen molar-refractivity contribution in [2.45, 2.75) is 32.2 Å². The Hall–Kier alpha value is -0.870. The molecule has 3 rings (SSSR count). The molecule has 1 aliphatic heterocycles. The van der Waals surface area contributed by atoms with E-state index in [4.69, 9.17) is 0 Å². The second kappa shape index (κ2) is 5.02. The van der Waals surface area contributed by atoms with E-state index in [9.17, 15) is 4.79 Å². The van der Waals surface area contributed by atoms with E-state index >= 15 is 0 Å². The predicted molar refractivity (Wildman–Crippen MR) is 74.1 cm³/mol. The van der Waals surface area contributed by atoms with Crippen LogP contribution in [0.5, 0.6) is 0 Å². The molecule has 0 aromatic carbocycles. The maximum atomic E-state index is 12.0. The van der Waals surface area contributed by atoms with E-state index in [2.05, 4.69) is 10.2 Å². The SMILES string of the molecule is Cc1ccsc1C(=O)NC[C@H]1CCN(C2CC2)C1. The largest absolute Gasteiger partial charge is 0.351 e. The third-order valence-corrected chi connectivity index (χ3v) is 5.02. The van der Waals surface area contributed by atoms with Gasteiger partial charge in [0.05, 0.1) is 4.88 Å². The standard InChI is InChI=1S/C14H20N2OS/c1-10-5-7-18-13(10)14(17)15-8-11-4-6-16(9-11)12-2-3-12/h5,7,11-12H,2-4,6,8-9H2,1H3,(H,15,17)/t11-/m1/s1. The fourth-order valence-corrected chi connectivity index (χ4v) is 3.56. The molecule has 18 heavy (non-hydrogen) atoms. The Kier molecular flexibility index (Phi) is 3.39. The number of rotatable bonds is 4. The number of likely N-dealkylation sites (tertiary alicyclic amines) is 1. The molecule has 1 saturated carbocycles. The summed E-state index contributed by atoms with van der Waals surface area (Å²) in [5, 5.41) is 5.07. The van der Waals surface area contributed by atoms with Gasteiger partial charge in [-0.15, -0.1) is 11.3 Å². The molecule has 1 aromatic rings. The highest BCUT2D eigenvalue weighted by Gasteiger charge is 2.34. The summed E-state index contributed by atoms with van der Waals surface area (Å²) in [5.74, 6) is 0.752. The molecule has 98 valence electrons. The average molecular weight is 264 g/mol. The molecule has 4 heteroatoms. The van der Waals surface area contributed by atoms with Crippen LogP contribution in [0.3, 0.4) is 0 Å². The van der Waals surface area contributed by atoms with Crippen molar-refractivity contribution < 1.29 is 4.79 Å². The summed E-state index contributed by atoms with van der Waals surface area (Å²) >= 11 is 1.53. The number of nitrogens with one attached hydrogen (secondary N) is 1. The number of carbonyl (C=O) groups excluding carboxylic acids is 1. The molecule has 1 amide bonds. The van der Waals surface area contributed by atoms with E-state index < -0.39 is 0 Å². The van der Waals surface area contributed by atoms with Crippen molar-refractivity contribution in [1.82, 2.24) is 10.2 Å². The van der Waals surface area contributed by atoms with Crippen LogP contribution in [-0.4, -0.2) is 36.5 Å². The van der Waals surface area contributed by atoms with Gasteiger partial charge in [-0.1, -0.05) is 0 Å². The third-order valence-electron chi connectivity index (χ3n) is 4.00. The van der Waals surface area contributed by atoms with E-state index in [-0.39, 0.29) is 5.91 Å². The normalized spacial score (nSPS) is 24.4. The van der Waals surface area contributed by atoms with Crippen molar-refractivity contribution in [3.63, 3.8) is 0 Å². The van der Waals surface area contributed by atoms with Gasteiger partial charge < -0.3 is 10.2 Å². The summed E-state index contributed by atoms with van der Waals surface area (Å²) in [6, 6.07) is 2.87. The third kappa shape index (κ3) is 2.59. The fraction of sp³-hybridized carbons (Fsp3) is 0.643. The summed E-state index contributed by atoms with van der Waals surface area (Å²) in [7, 11) is 0. The van der Waals surface area contributed by atoms with Gasteiger partial charge in [0, 0.05) is 19.1 Å². The minimum atomic E-state index is 0.104. The number of amides is 1. The molecule has 1 aromatic heterocycles. The average Bonchev–Trinajstić information content (AvgIpc) is 2.95. The minimum Gasteiger partial charge on any atom is -0.351 e. The zero-order chi connectivity index (χ0) is 12.5. The predicted octanol–water partition coefficient (Wildman–Crippen LogP) is 2.27. The summed E-state index contributed by atoms with van der Waals surface area (Å²) in [4.78, 5) is 15.5. The van der Waals surface area contributed by atoms with Crippen LogP contribution < -0.4 is 5.32 Å². The van der Waals surface area contributed by atoms with Crippen molar-refractivity contribution in [2.75, 3.05) is 19.6 Å². The van der Waals surface area contributed by atoms with Gasteiger partial charge in [-0.2, -0.15) is 0 Å². The van der Waals surface area contributed by atoms with Gasteiger partial charge in [0.25, 0.3) is 5.91 Å². The topological polar surface area (TPSA) is 32.3 Å². The molecule has 3 nitrogen and oxygen atoms in total. The highest BCUT2D eigenvalue weighted by Crippen LogP contribution is 2.31. The molecule has 1 N–H and O–H groups in total. The Morgan fingerprint density at radius 3 is 3.00 bits per heavy atom. The minimum absolute atomic E-state index is 0.104. The molecule has 2 aliphatic rings. The molecule has 2 heterocycles. The van der Waals surface area contributed by atoms with Gasteiger partial charge >= 0.3 is 0 Å². The van der Waals surface area contributed by atoms with Crippen molar-refractivity contribution in [2.24, 2.45) is 5.92 Å². The molecule has 0 bridgehead atoms. The smallest absolute Gasteiger partial charge is 0.261 e. The van der Waals surface area contributed by atoms with Gasteiger partial charge in [0.2, 0.25) is 0 Å². The zero-order valence-corrected chi connectivity index (χ0v) is 11.6. The molecule has 1 saturated heterocycles. The summed E-state index contributed by atoms with van der Waals surface area (Å²) in [6.45, 7) is 5.23. The van der Waals surface area contributed by atoms with Crippen LogP contribution in [0.15, 0.2) is 11.4 Å². The number of thiophene rings is 1. The van der Waals surface area contributed by atoms with Crippen molar-refractivity contribution in [1.29, 1.82) is 0 Å². The van der Waals surface area contributed by atoms with E-state index in [1.165, 1.54) is 43.7 Å². The summed E-state index contributed by atoms with van der Waals surface area (Å²) < 4.78 is 0. The quantitative estimate of drug-likeness (QED) is 0.905. The number of hydrogen-bond acceptors (Lipinski definition) is 3. The highest BCUT2D eigenvalue weighted by molar-refractivity contribution is 7.12. The summed E-state index contributed by atoms with van der Waals surface area (Å²) in [6.07, 6.45) is 4.00. The first kappa shape index (κ1) is 12.2. The van der Waals surface area contributed by atoms with Crippen LogP contribution in [0.25, 0.3) is 0 Å². The van der Waals surface area contributed by atoms with Crippen molar-refractivity contribution >= 4 is 17.2 Å². The van der Waals surface area contributed by atoms with Gasteiger partial charge in [-0.05, 0) is 55.7 Å².